The molecule has 0 radical (unpaired) electrons. The summed E-state index contributed by atoms with van der Waals surface area (Å²) < 4.78 is 4.96. The molecule has 0 aliphatic rings. The van der Waals surface area contributed by atoms with Crippen LogP contribution in [0.1, 0.15) is 87.5 Å². The molecule has 4 heteroatoms. The zero-order valence-corrected chi connectivity index (χ0v) is 24.6. The number of nitrogens with zero attached hydrogens (tertiary/aromatic N) is 1. The highest BCUT2D eigenvalue weighted by Crippen LogP contribution is 2.21. The van der Waals surface area contributed by atoms with Gasteiger partial charge in [-0.1, -0.05) is 105 Å². The fourth-order valence-electron chi connectivity index (χ4n) is 4.51. The van der Waals surface area contributed by atoms with Crippen molar-refractivity contribution in [3.63, 3.8) is 0 Å². The predicted molar refractivity (Wildman–Crippen MR) is 169 cm³/mol. The largest absolute Gasteiger partial charge is 0.463 e. The van der Waals surface area contributed by atoms with Crippen molar-refractivity contribution < 1.29 is 14.3 Å². The first-order chi connectivity index (χ1) is 20.1. The maximum absolute atomic E-state index is 13.5. The maximum atomic E-state index is 13.5. The van der Waals surface area contributed by atoms with Crippen LogP contribution in [-0.2, 0) is 27.3 Å². The highest BCUT2D eigenvalue weighted by atomic mass is 16.5. The zero-order valence-electron chi connectivity index (χ0n) is 24.6. The van der Waals surface area contributed by atoms with E-state index >= 15 is 0 Å². The van der Waals surface area contributed by atoms with Gasteiger partial charge in [0.25, 0.3) is 0 Å². The van der Waals surface area contributed by atoms with Crippen LogP contribution in [-0.4, -0.2) is 18.5 Å². The molecule has 0 bridgehead atoms. The number of benzene rings is 3. The number of aryl methyl sites for hydroxylation is 1. The highest BCUT2D eigenvalue weighted by molar-refractivity contribution is 5.93. The number of anilines is 1. The van der Waals surface area contributed by atoms with E-state index < -0.39 is 0 Å². The van der Waals surface area contributed by atoms with Gasteiger partial charge in [0.15, 0.2) is 0 Å². The molecular weight excluding hydrogens is 506 g/mol. The summed E-state index contributed by atoms with van der Waals surface area (Å²) in [7, 11) is 0. The summed E-state index contributed by atoms with van der Waals surface area (Å²) in [6.45, 7) is 4.83. The van der Waals surface area contributed by atoms with Gasteiger partial charge in [0.05, 0.1) is 13.2 Å². The van der Waals surface area contributed by atoms with E-state index in [0.717, 1.165) is 40.8 Å². The summed E-state index contributed by atoms with van der Waals surface area (Å²) in [4.78, 5) is 27.0. The smallest absolute Gasteiger partial charge is 0.330 e. The van der Waals surface area contributed by atoms with Gasteiger partial charge in [-0.15, -0.1) is 0 Å². The van der Waals surface area contributed by atoms with Gasteiger partial charge in [-0.3, -0.25) is 4.79 Å². The second-order valence-electron chi connectivity index (χ2n) is 10.2. The molecule has 214 valence electrons. The Morgan fingerprint density at radius 2 is 1.51 bits per heavy atom. The topological polar surface area (TPSA) is 46.6 Å². The molecule has 0 saturated carbocycles. The highest BCUT2D eigenvalue weighted by Gasteiger charge is 2.16. The minimum Gasteiger partial charge on any atom is -0.463 e. The number of amides is 1. The summed E-state index contributed by atoms with van der Waals surface area (Å²) in [6.07, 6.45) is 12.8. The Labute approximate surface area is 246 Å². The van der Waals surface area contributed by atoms with Gasteiger partial charge in [0.2, 0.25) is 5.91 Å². The first-order valence-electron chi connectivity index (χ1n) is 15.0. The van der Waals surface area contributed by atoms with Crippen LogP contribution in [0.3, 0.4) is 0 Å². The van der Waals surface area contributed by atoms with Crippen LogP contribution in [0.25, 0.3) is 6.08 Å². The third kappa shape index (κ3) is 11.9. The van der Waals surface area contributed by atoms with E-state index in [0.29, 0.717) is 26.0 Å². The van der Waals surface area contributed by atoms with Gasteiger partial charge in [-0.2, -0.15) is 0 Å². The van der Waals surface area contributed by atoms with Gasteiger partial charge in [0, 0.05) is 30.2 Å². The molecule has 0 heterocycles. The molecule has 0 N–H and O–H groups in total. The SMILES string of the molecule is CCCCCCCCC#Cc1ccc(CN(C(=O)CCc2ccccc2)c2ccc(C=CC(=O)OCC)cc2)cc1. The van der Waals surface area contributed by atoms with Crippen molar-refractivity contribution in [2.24, 2.45) is 0 Å². The minimum atomic E-state index is -0.371. The number of rotatable bonds is 15. The normalized spacial score (nSPS) is 10.7. The lowest BCUT2D eigenvalue weighted by atomic mass is 10.1. The lowest BCUT2D eigenvalue weighted by Crippen LogP contribution is -2.30. The fourth-order valence-corrected chi connectivity index (χ4v) is 4.51. The zero-order chi connectivity index (χ0) is 29.1. The Balaban J connectivity index is 1.66. The maximum Gasteiger partial charge on any atom is 0.330 e. The number of unbranched alkanes of at least 4 members (excludes halogenated alkanes) is 6. The first-order valence-corrected chi connectivity index (χ1v) is 15.0. The van der Waals surface area contributed by atoms with Gasteiger partial charge >= 0.3 is 5.97 Å². The third-order valence-electron chi connectivity index (χ3n) is 6.86. The molecule has 3 aromatic rings. The summed E-state index contributed by atoms with van der Waals surface area (Å²) >= 11 is 0. The molecule has 0 spiro atoms. The summed E-state index contributed by atoms with van der Waals surface area (Å²) in [5.41, 5.74) is 4.87. The minimum absolute atomic E-state index is 0.0615. The van der Waals surface area contributed by atoms with E-state index in [1.165, 1.54) is 38.2 Å². The number of hydrogen-bond acceptors (Lipinski definition) is 3. The van der Waals surface area contributed by atoms with Crippen LogP contribution in [0.5, 0.6) is 0 Å². The van der Waals surface area contributed by atoms with Gasteiger partial charge in [0.1, 0.15) is 0 Å². The van der Waals surface area contributed by atoms with Crippen LogP contribution in [0.4, 0.5) is 5.69 Å². The lowest BCUT2D eigenvalue weighted by molar-refractivity contribution is -0.137. The lowest BCUT2D eigenvalue weighted by Gasteiger charge is -2.23. The first kappa shape index (κ1) is 31.4. The van der Waals surface area contributed by atoms with E-state index in [-0.39, 0.29) is 11.9 Å². The molecule has 0 atom stereocenters. The Kier molecular flexibility index (Phi) is 14.0. The molecule has 0 aromatic heterocycles. The quantitative estimate of drug-likeness (QED) is 0.0826. The summed E-state index contributed by atoms with van der Waals surface area (Å²) in [5, 5.41) is 0. The van der Waals surface area contributed by atoms with Gasteiger partial charge in [-0.25, -0.2) is 4.79 Å². The molecule has 0 saturated heterocycles. The molecular formula is C37H43NO3. The van der Waals surface area contributed by atoms with Crippen molar-refractivity contribution in [2.45, 2.75) is 78.2 Å². The van der Waals surface area contributed by atoms with Crippen molar-refractivity contribution in [3.05, 3.63) is 107 Å². The van der Waals surface area contributed by atoms with Crippen LogP contribution >= 0.6 is 0 Å². The van der Waals surface area contributed by atoms with Crippen molar-refractivity contribution in [1.29, 1.82) is 0 Å². The molecule has 3 rings (SSSR count). The van der Waals surface area contributed by atoms with Gasteiger partial charge in [-0.05, 0) is 66.8 Å². The van der Waals surface area contributed by atoms with Crippen molar-refractivity contribution in [2.75, 3.05) is 11.5 Å². The summed E-state index contributed by atoms with van der Waals surface area (Å²) in [5.74, 6) is 6.29. The monoisotopic (exact) mass is 549 g/mol. The Morgan fingerprint density at radius 3 is 2.22 bits per heavy atom. The van der Waals surface area contributed by atoms with E-state index in [9.17, 15) is 9.59 Å². The van der Waals surface area contributed by atoms with Crippen LogP contribution in [0.15, 0.2) is 84.9 Å². The second-order valence-corrected chi connectivity index (χ2v) is 10.2. The standard InChI is InChI=1S/C37H43NO3/c1-3-5-6-7-8-9-10-12-17-32-18-20-34(21-19-32)30-38(36(39)28-24-31-15-13-11-14-16-31)35-26-22-33(23-27-35)25-29-37(40)41-4-2/h11,13-16,18-23,25-27,29H,3-10,24,28,30H2,1-2H3. The molecule has 1 amide bonds. The van der Waals surface area contributed by atoms with E-state index in [2.05, 4.69) is 43.0 Å². The Morgan fingerprint density at radius 1 is 0.805 bits per heavy atom. The molecule has 0 fully saturated rings. The molecule has 0 aliphatic carbocycles. The molecule has 41 heavy (non-hydrogen) atoms. The van der Waals surface area contributed by atoms with E-state index in [1.54, 1.807) is 13.0 Å². The Bertz CT molecular complexity index is 1280. The Hall–Kier alpha value is -4.10. The van der Waals surface area contributed by atoms with Crippen LogP contribution < -0.4 is 4.90 Å². The molecule has 0 unspecified atom stereocenters. The number of ether oxygens (including phenoxy) is 1. The molecule has 4 nitrogen and oxygen atoms in total. The van der Waals surface area contributed by atoms with Crippen molar-refractivity contribution in [1.82, 2.24) is 0 Å². The number of esters is 1. The van der Waals surface area contributed by atoms with E-state index in [4.69, 9.17) is 4.74 Å². The van der Waals surface area contributed by atoms with Crippen molar-refractivity contribution in [3.8, 4) is 11.8 Å². The second kappa shape index (κ2) is 18.3. The van der Waals surface area contributed by atoms with Crippen molar-refractivity contribution >= 4 is 23.6 Å². The number of carbonyl (C=O) groups is 2. The van der Waals surface area contributed by atoms with Gasteiger partial charge < -0.3 is 9.64 Å². The summed E-state index contributed by atoms with van der Waals surface area (Å²) in [6, 6.07) is 25.9. The van der Waals surface area contributed by atoms with Crippen LogP contribution in [0.2, 0.25) is 0 Å². The van der Waals surface area contributed by atoms with E-state index in [1.807, 2.05) is 59.5 Å². The predicted octanol–water partition coefficient (Wildman–Crippen LogP) is 8.53. The van der Waals surface area contributed by atoms with Crippen LogP contribution in [0, 0.1) is 11.8 Å². The number of hydrogen-bond donors (Lipinski definition) is 0. The average molecular weight is 550 g/mol. The molecule has 0 aliphatic heterocycles. The number of carbonyl (C=O) groups excluding carboxylic acids is 2. The third-order valence-corrected chi connectivity index (χ3v) is 6.86. The fraction of sp³-hybridized carbons (Fsp3) is 0.351. The average Bonchev–Trinajstić information content (AvgIpc) is 3.00. The molecule has 3 aromatic carbocycles.